The summed E-state index contributed by atoms with van der Waals surface area (Å²) in [6.07, 6.45) is 0.124. The van der Waals surface area contributed by atoms with E-state index in [1.54, 1.807) is 38.4 Å². The number of halogens is 2. The molecule has 2 amide bonds. The van der Waals surface area contributed by atoms with Crippen molar-refractivity contribution in [2.45, 2.75) is 12.8 Å². The molecule has 0 bridgehead atoms. The van der Waals surface area contributed by atoms with Crippen molar-refractivity contribution in [3.63, 3.8) is 0 Å². The zero-order valence-electron chi connectivity index (χ0n) is 14.6. The van der Waals surface area contributed by atoms with Crippen molar-refractivity contribution in [1.82, 2.24) is 4.90 Å². The van der Waals surface area contributed by atoms with E-state index >= 15 is 0 Å². The van der Waals surface area contributed by atoms with Crippen molar-refractivity contribution >= 4 is 17.5 Å². The van der Waals surface area contributed by atoms with E-state index in [-0.39, 0.29) is 36.8 Å². The molecule has 0 aliphatic carbocycles. The number of ether oxygens (including phenoxy) is 1. The van der Waals surface area contributed by atoms with Crippen LogP contribution in [0.25, 0.3) is 0 Å². The number of nitrogens with zero attached hydrogens (tertiary/aromatic N) is 1. The van der Waals surface area contributed by atoms with Gasteiger partial charge in [-0.25, -0.2) is 8.78 Å². The molecule has 0 atom stereocenters. The molecule has 0 radical (unpaired) electrons. The number of benzene rings is 2. The molecule has 0 heterocycles. The first-order valence-corrected chi connectivity index (χ1v) is 8.02. The standard InChI is InChI=1S/C19H20F2N2O3/c1-23(2)19(25)12-26-16-7-5-15(6-8-16)22-18(24)10-3-13-11-14(20)4-9-17(13)21/h4-9,11H,3,10,12H2,1-2H3,(H,22,24). The van der Waals surface area contributed by atoms with Gasteiger partial charge in [-0.05, 0) is 54.4 Å². The third-order valence-corrected chi connectivity index (χ3v) is 3.63. The van der Waals surface area contributed by atoms with Gasteiger partial charge in [-0.1, -0.05) is 0 Å². The summed E-state index contributed by atoms with van der Waals surface area (Å²) in [6.45, 7) is -0.0715. The molecule has 7 heteroatoms. The van der Waals surface area contributed by atoms with Gasteiger partial charge in [-0.15, -0.1) is 0 Å². The van der Waals surface area contributed by atoms with Crippen molar-refractivity contribution in [3.8, 4) is 5.75 Å². The van der Waals surface area contributed by atoms with Crippen LogP contribution in [0.2, 0.25) is 0 Å². The second-order valence-corrected chi connectivity index (χ2v) is 5.89. The Balaban J connectivity index is 1.83. The Morgan fingerprint density at radius 2 is 1.77 bits per heavy atom. The molecule has 0 saturated heterocycles. The molecule has 26 heavy (non-hydrogen) atoms. The Labute approximate surface area is 150 Å². The maximum Gasteiger partial charge on any atom is 0.259 e. The van der Waals surface area contributed by atoms with Gasteiger partial charge in [-0.3, -0.25) is 9.59 Å². The highest BCUT2D eigenvalue weighted by atomic mass is 19.1. The minimum atomic E-state index is -0.537. The minimum Gasteiger partial charge on any atom is -0.484 e. The van der Waals surface area contributed by atoms with Crippen LogP contribution in [0.3, 0.4) is 0 Å². The molecule has 0 unspecified atom stereocenters. The third-order valence-electron chi connectivity index (χ3n) is 3.63. The number of carbonyl (C=O) groups is 2. The number of rotatable bonds is 7. The lowest BCUT2D eigenvalue weighted by Crippen LogP contribution is -2.27. The first-order chi connectivity index (χ1) is 12.3. The van der Waals surface area contributed by atoms with E-state index < -0.39 is 11.6 Å². The highest BCUT2D eigenvalue weighted by molar-refractivity contribution is 5.90. The molecule has 0 spiro atoms. The van der Waals surface area contributed by atoms with Crippen LogP contribution in [0.1, 0.15) is 12.0 Å². The molecule has 0 aliphatic heterocycles. The molecule has 2 aromatic carbocycles. The molecule has 138 valence electrons. The van der Waals surface area contributed by atoms with Gasteiger partial charge in [0.05, 0.1) is 0 Å². The summed E-state index contributed by atoms with van der Waals surface area (Å²) in [5, 5.41) is 2.67. The van der Waals surface area contributed by atoms with Gasteiger partial charge in [0.15, 0.2) is 6.61 Å². The Hall–Kier alpha value is -2.96. The molecule has 0 saturated carbocycles. The number of carbonyl (C=O) groups excluding carboxylic acids is 2. The van der Waals surface area contributed by atoms with E-state index in [0.29, 0.717) is 11.4 Å². The van der Waals surface area contributed by atoms with E-state index in [4.69, 9.17) is 4.74 Å². The lowest BCUT2D eigenvalue weighted by molar-refractivity contribution is -0.130. The topological polar surface area (TPSA) is 58.6 Å². The van der Waals surface area contributed by atoms with Gasteiger partial charge in [-0.2, -0.15) is 0 Å². The summed E-state index contributed by atoms with van der Waals surface area (Å²) >= 11 is 0. The van der Waals surface area contributed by atoms with Crippen molar-refractivity contribution in [1.29, 1.82) is 0 Å². The summed E-state index contributed by atoms with van der Waals surface area (Å²) in [5.74, 6) is -1.05. The van der Waals surface area contributed by atoms with Crippen molar-refractivity contribution in [2.75, 3.05) is 26.0 Å². The van der Waals surface area contributed by atoms with Gasteiger partial charge >= 0.3 is 0 Å². The molecule has 1 N–H and O–H groups in total. The molecule has 2 aromatic rings. The molecule has 0 aliphatic rings. The van der Waals surface area contributed by atoms with Crippen molar-refractivity contribution in [3.05, 3.63) is 59.7 Å². The summed E-state index contributed by atoms with van der Waals surface area (Å²) in [6, 6.07) is 9.70. The summed E-state index contributed by atoms with van der Waals surface area (Å²) in [7, 11) is 3.28. The molecular weight excluding hydrogens is 342 g/mol. The second kappa shape index (κ2) is 8.94. The Morgan fingerprint density at radius 1 is 1.08 bits per heavy atom. The number of amides is 2. The van der Waals surface area contributed by atoms with Crippen LogP contribution >= 0.6 is 0 Å². The van der Waals surface area contributed by atoms with E-state index in [2.05, 4.69) is 5.32 Å². The highest BCUT2D eigenvalue weighted by Gasteiger charge is 2.09. The fraction of sp³-hybridized carbons (Fsp3) is 0.263. The van der Waals surface area contributed by atoms with Crippen LogP contribution in [0.15, 0.2) is 42.5 Å². The number of hydrogen-bond donors (Lipinski definition) is 1. The number of aryl methyl sites for hydroxylation is 1. The Bertz CT molecular complexity index is 777. The summed E-state index contributed by atoms with van der Waals surface area (Å²) in [4.78, 5) is 24.8. The van der Waals surface area contributed by atoms with E-state index in [1.165, 1.54) is 4.90 Å². The van der Waals surface area contributed by atoms with Gasteiger partial charge in [0.1, 0.15) is 17.4 Å². The van der Waals surface area contributed by atoms with Gasteiger partial charge in [0.2, 0.25) is 5.91 Å². The van der Waals surface area contributed by atoms with Gasteiger partial charge < -0.3 is 15.0 Å². The number of anilines is 1. The Morgan fingerprint density at radius 3 is 2.42 bits per heavy atom. The SMILES string of the molecule is CN(C)C(=O)COc1ccc(NC(=O)CCc2cc(F)ccc2F)cc1. The normalized spacial score (nSPS) is 10.3. The van der Waals surface area contributed by atoms with E-state index in [1.807, 2.05) is 0 Å². The first kappa shape index (κ1) is 19.4. The average Bonchev–Trinajstić information content (AvgIpc) is 2.61. The third kappa shape index (κ3) is 5.84. The van der Waals surface area contributed by atoms with Crippen molar-refractivity contribution < 1.29 is 23.1 Å². The van der Waals surface area contributed by atoms with Crippen LogP contribution in [-0.4, -0.2) is 37.4 Å². The molecular formula is C19H20F2N2O3. The van der Waals surface area contributed by atoms with Crippen LogP contribution in [0.4, 0.5) is 14.5 Å². The largest absolute Gasteiger partial charge is 0.484 e. The average molecular weight is 362 g/mol. The lowest BCUT2D eigenvalue weighted by Gasteiger charge is -2.12. The first-order valence-electron chi connectivity index (χ1n) is 8.02. The number of hydrogen-bond acceptors (Lipinski definition) is 3. The summed E-state index contributed by atoms with van der Waals surface area (Å²) in [5.41, 5.74) is 0.704. The van der Waals surface area contributed by atoms with Crippen molar-refractivity contribution in [2.24, 2.45) is 0 Å². The maximum atomic E-state index is 13.5. The molecule has 5 nitrogen and oxygen atoms in total. The quantitative estimate of drug-likeness (QED) is 0.824. The zero-order valence-corrected chi connectivity index (χ0v) is 14.6. The van der Waals surface area contributed by atoms with Gasteiger partial charge in [0, 0.05) is 26.2 Å². The summed E-state index contributed by atoms with van der Waals surface area (Å²) < 4.78 is 32.0. The van der Waals surface area contributed by atoms with Crippen LogP contribution in [-0.2, 0) is 16.0 Å². The maximum absolute atomic E-state index is 13.5. The smallest absolute Gasteiger partial charge is 0.259 e. The van der Waals surface area contributed by atoms with Crippen LogP contribution in [0, 0.1) is 11.6 Å². The van der Waals surface area contributed by atoms with E-state index in [9.17, 15) is 18.4 Å². The lowest BCUT2D eigenvalue weighted by atomic mass is 10.1. The zero-order chi connectivity index (χ0) is 19.1. The Kier molecular flexibility index (Phi) is 6.66. The monoisotopic (exact) mass is 362 g/mol. The predicted molar refractivity (Wildman–Crippen MR) is 93.9 cm³/mol. The highest BCUT2D eigenvalue weighted by Crippen LogP contribution is 2.17. The number of likely N-dealkylation sites (N-methyl/N-ethyl adjacent to an activating group) is 1. The van der Waals surface area contributed by atoms with Gasteiger partial charge in [0.25, 0.3) is 5.91 Å². The van der Waals surface area contributed by atoms with Crippen LogP contribution in [0.5, 0.6) is 5.75 Å². The molecule has 2 rings (SSSR count). The molecule has 0 fully saturated rings. The number of nitrogens with one attached hydrogen (secondary N) is 1. The van der Waals surface area contributed by atoms with Crippen LogP contribution < -0.4 is 10.1 Å². The predicted octanol–water partition coefficient (Wildman–Crippen LogP) is 3.00. The molecule has 0 aromatic heterocycles. The second-order valence-electron chi connectivity index (χ2n) is 5.89. The minimum absolute atomic E-state index is 0.0238. The fourth-order valence-electron chi connectivity index (χ4n) is 2.12. The van der Waals surface area contributed by atoms with E-state index in [0.717, 1.165) is 18.2 Å². The fourth-order valence-corrected chi connectivity index (χ4v) is 2.12.